The van der Waals surface area contributed by atoms with Crippen LogP contribution in [-0.4, -0.2) is 52.3 Å². The average Bonchev–Trinajstić information content (AvgIpc) is 2.98. The van der Waals surface area contributed by atoms with Gasteiger partial charge in [-0.1, -0.05) is 107 Å². The summed E-state index contributed by atoms with van der Waals surface area (Å²) >= 11 is 0. The summed E-state index contributed by atoms with van der Waals surface area (Å²) in [5.41, 5.74) is 0. The topological polar surface area (TPSA) is 140 Å². The molecule has 260 valence electrons. The van der Waals surface area contributed by atoms with Crippen LogP contribution in [0.4, 0.5) is 0 Å². The first-order valence-electron chi connectivity index (χ1n) is 17.0. The molecule has 3 N–H and O–H groups in total. The molecule has 2 atom stereocenters. The Morgan fingerprint density at radius 2 is 1.16 bits per heavy atom. The third-order valence-corrected chi connectivity index (χ3v) is 7.35. The van der Waals surface area contributed by atoms with Crippen molar-refractivity contribution in [2.24, 2.45) is 0 Å². The van der Waals surface area contributed by atoms with E-state index in [9.17, 15) is 19.3 Å². The van der Waals surface area contributed by atoms with Crippen molar-refractivity contribution < 1.29 is 43.0 Å². The van der Waals surface area contributed by atoms with Crippen LogP contribution in [0.15, 0.2) is 48.6 Å². The van der Waals surface area contributed by atoms with E-state index in [0.29, 0.717) is 19.3 Å². The van der Waals surface area contributed by atoms with Crippen LogP contribution in [0.3, 0.4) is 0 Å². The molecule has 0 saturated carbocycles. The molecule has 0 fully saturated rings. The second-order valence-electron chi connectivity index (χ2n) is 11.4. The van der Waals surface area contributed by atoms with Crippen molar-refractivity contribution in [3.8, 4) is 0 Å². The number of allylic oxidation sites excluding steroid dienone is 8. The lowest BCUT2D eigenvalue weighted by Gasteiger charge is -2.18. The number of rotatable bonds is 30. The monoisotopic (exact) mass is 656 g/mol. The van der Waals surface area contributed by atoms with Crippen LogP contribution in [0, 0.1) is 0 Å². The van der Waals surface area contributed by atoms with E-state index in [1.165, 1.54) is 32.1 Å². The number of ether oxygens (including phenoxy) is 2. The third-order valence-electron chi connectivity index (χ3n) is 6.87. The lowest BCUT2D eigenvalue weighted by molar-refractivity contribution is -0.161. The number of aliphatic hydroxyl groups excluding tert-OH is 1. The molecule has 0 aliphatic rings. The van der Waals surface area contributed by atoms with E-state index in [0.717, 1.165) is 57.8 Å². The lowest BCUT2D eigenvalue weighted by atomic mass is 10.1. The van der Waals surface area contributed by atoms with Crippen molar-refractivity contribution in [3.05, 3.63) is 48.6 Å². The molecule has 0 aromatic rings. The minimum atomic E-state index is -4.76. The molecule has 0 bridgehead atoms. The summed E-state index contributed by atoms with van der Waals surface area (Å²) in [6.07, 6.45) is 32.7. The maximum atomic E-state index is 12.3. The highest BCUT2D eigenvalue weighted by Gasteiger charge is 2.22. The van der Waals surface area contributed by atoms with Crippen molar-refractivity contribution in [2.75, 3.05) is 13.2 Å². The Labute approximate surface area is 272 Å². The van der Waals surface area contributed by atoms with Crippen LogP contribution in [-0.2, 0) is 28.2 Å². The highest BCUT2D eigenvalue weighted by atomic mass is 31.2. The zero-order valence-electron chi connectivity index (χ0n) is 27.9. The third kappa shape index (κ3) is 34.7. The molecule has 10 heteroatoms. The van der Waals surface area contributed by atoms with E-state index in [2.05, 4.69) is 47.9 Å². The van der Waals surface area contributed by atoms with E-state index < -0.39 is 32.5 Å². The number of phosphoric ester groups is 1. The average molecular weight is 657 g/mol. The maximum absolute atomic E-state index is 12.3. The van der Waals surface area contributed by atoms with Crippen molar-refractivity contribution in [1.82, 2.24) is 0 Å². The summed E-state index contributed by atoms with van der Waals surface area (Å²) in [5, 5.41) is 9.23. The molecule has 0 aliphatic heterocycles. The Bertz CT molecular complexity index is 890. The summed E-state index contributed by atoms with van der Waals surface area (Å²) in [6, 6.07) is 0. The Balaban J connectivity index is 4.13. The number of hydrogen-bond acceptors (Lipinski definition) is 7. The van der Waals surface area contributed by atoms with Crippen molar-refractivity contribution in [1.29, 1.82) is 0 Å². The molecule has 0 heterocycles. The van der Waals surface area contributed by atoms with Gasteiger partial charge in [0.05, 0.1) is 12.7 Å². The number of carbonyl (C=O) groups is 2. The second-order valence-corrected chi connectivity index (χ2v) is 12.7. The molecule has 0 aromatic heterocycles. The summed E-state index contributed by atoms with van der Waals surface area (Å²) in [5.74, 6) is -0.975. The van der Waals surface area contributed by atoms with Crippen LogP contribution in [0.5, 0.6) is 0 Å². The Kier molecular flexibility index (Phi) is 29.2. The van der Waals surface area contributed by atoms with Crippen molar-refractivity contribution in [2.45, 2.75) is 148 Å². The largest absolute Gasteiger partial charge is 0.469 e. The minimum Gasteiger partial charge on any atom is -0.462 e. The maximum Gasteiger partial charge on any atom is 0.469 e. The standard InChI is InChI=1S/C35H61O9P/c1-3-4-5-6-7-15-19-22-25-28-34(37)42-30-33(31-43-45(39,40)41)44-35(38)29-26-23-20-17-14-12-10-8-9-11-13-16-18-21-24-27-32(2)36/h9-12,16-18,20,32-33,36H,3-8,13-15,19,21-31H2,1-2H3,(H2,39,40,41)/b11-9-,12-10-,18-16-,20-17-/t32-,33+/m0/s1. The SMILES string of the molecule is CCCCCCCCCCCC(=O)OC[C@H](COP(=O)(O)O)OC(=O)CCC/C=C\C/C=C\C/C=C\C/C=C\CCC[C@H](C)O. The molecule has 0 aliphatic carbocycles. The fourth-order valence-corrected chi connectivity index (χ4v) is 4.68. The first kappa shape index (κ1) is 43.0. The molecule has 0 spiro atoms. The first-order valence-corrected chi connectivity index (χ1v) is 18.5. The highest BCUT2D eigenvalue weighted by Crippen LogP contribution is 2.35. The van der Waals surface area contributed by atoms with Gasteiger partial charge in [0.25, 0.3) is 0 Å². The number of carbonyl (C=O) groups excluding carboxylic acids is 2. The van der Waals surface area contributed by atoms with Crippen molar-refractivity contribution >= 4 is 19.8 Å². The van der Waals surface area contributed by atoms with Gasteiger partial charge in [-0.15, -0.1) is 0 Å². The number of hydrogen-bond donors (Lipinski definition) is 3. The van der Waals surface area contributed by atoms with Crippen LogP contribution >= 0.6 is 7.82 Å². The van der Waals surface area contributed by atoms with Gasteiger partial charge in [0.15, 0.2) is 6.10 Å². The Hall–Kier alpha value is -2.03. The number of unbranched alkanes of at least 4 members (excludes halogenated alkanes) is 10. The fraction of sp³-hybridized carbons (Fsp3) is 0.714. The van der Waals surface area contributed by atoms with Gasteiger partial charge >= 0.3 is 19.8 Å². The van der Waals surface area contributed by atoms with E-state index in [1.807, 2.05) is 19.1 Å². The fourth-order valence-electron chi connectivity index (χ4n) is 4.32. The van der Waals surface area contributed by atoms with E-state index in [4.69, 9.17) is 19.3 Å². The molecule has 0 rings (SSSR count). The Morgan fingerprint density at radius 1 is 0.667 bits per heavy atom. The van der Waals surface area contributed by atoms with Gasteiger partial charge in [0.1, 0.15) is 6.61 Å². The molecule has 0 radical (unpaired) electrons. The van der Waals surface area contributed by atoms with Crippen LogP contribution in [0.2, 0.25) is 0 Å². The normalized spacial score (nSPS) is 13.8. The summed E-state index contributed by atoms with van der Waals surface area (Å²) < 4.78 is 26.1. The highest BCUT2D eigenvalue weighted by molar-refractivity contribution is 7.46. The zero-order valence-corrected chi connectivity index (χ0v) is 28.8. The molecule has 9 nitrogen and oxygen atoms in total. The predicted octanol–water partition coefficient (Wildman–Crippen LogP) is 8.59. The quantitative estimate of drug-likeness (QED) is 0.0300. The van der Waals surface area contributed by atoms with E-state index in [1.54, 1.807) is 0 Å². The summed E-state index contributed by atoms with van der Waals surface area (Å²) in [6.45, 7) is 3.13. The lowest BCUT2D eigenvalue weighted by Crippen LogP contribution is -2.29. The van der Waals surface area contributed by atoms with E-state index in [-0.39, 0.29) is 25.6 Å². The number of aliphatic hydroxyl groups is 1. The van der Waals surface area contributed by atoms with Crippen LogP contribution < -0.4 is 0 Å². The molecule has 0 aromatic carbocycles. The van der Waals surface area contributed by atoms with Crippen molar-refractivity contribution in [3.63, 3.8) is 0 Å². The second kappa shape index (κ2) is 30.6. The van der Waals surface area contributed by atoms with E-state index >= 15 is 0 Å². The molecule has 0 amide bonds. The smallest absolute Gasteiger partial charge is 0.462 e. The van der Waals surface area contributed by atoms with Gasteiger partial charge < -0.3 is 24.4 Å². The van der Waals surface area contributed by atoms with Gasteiger partial charge in [-0.2, -0.15) is 0 Å². The predicted molar refractivity (Wildman–Crippen MR) is 180 cm³/mol. The van der Waals surface area contributed by atoms with Crippen LogP contribution in [0.25, 0.3) is 0 Å². The van der Waals surface area contributed by atoms with Gasteiger partial charge in [0, 0.05) is 12.8 Å². The molecular weight excluding hydrogens is 595 g/mol. The first-order chi connectivity index (χ1) is 21.6. The molecular formula is C35H61O9P. The number of esters is 2. The van der Waals surface area contributed by atoms with Gasteiger partial charge in [-0.25, -0.2) is 4.57 Å². The zero-order chi connectivity index (χ0) is 33.4. The van der Waals surface area contributed by atoms with Gasteiger partial charge in [-0.3, -0.25) is 14.1 Å². The Morgan fingerprint density at radius 3 is 1.69 bits per heavy atom. The summed E-state index contributed by atoms with van der Waals surface area (Å²) in [4.78, 5) is 42.4. The minimum absolute atomic E-state index is 0.124. The van der Waals surface area contributed by atoms with Gasteiger partial charge in [-0.05, 0) is 64.7 Å². The molecule has 45 heavy (non-hydrogen) atoms. The van der Waals surface area contributed by atoms with Gasteiger partial charge in [0.2, 0.25) is 0 Å². The molecule has 0 saturated heterocycles. The summed E-state index contributed by atoms with van der Waals surface area (Å²) in [7, 11) is -4.76. The number of phosphoric acid groups is 1. The van der Waals surface area contributed by atoms with Crippen LogP contribution in [0.1, 0.15) is 136 Å². The molecule has 0 unspecified atom stereocenters.